The third-order valence-corrected chi connectivity index (χ3v) is 4.92. The molecule has 0 spiro atoms. The van der Waals surface area contributed by atoms with Crippen LogP contribution in [-0.4, -0.2) is 23.3 Å². The Bertz CT molecular complexity index is 720. The quantitative estimate of drug-likeness (QED) is 0.827. The van der Waals surface area contributed by atoms with Gasteiger partial charge < -0.3 is 9.30 Å². The summed E-state index contributed by atoms with van der Waals surface area (Å²) in [4.78, 5) is 17.0. The van der Waals surface area contributed by atoms with Crippen LogP contribution in [-0.2, 0) is 11.3 Å². The number of nitrogens with zero attached hydrogens (tertiary/aromatic N) is 2. The van der Waals surface area contributed by atoms with Crippen molar-refractivity contribution in [2.75, 3.05) is 13.7 Å². The zero-order chi connectivity index (χ0) is 15.5. The van der Waals surface area contributed by atoms with Crippen molar-refractivity contribution in [3.63, 3.8) is 0 Å². The normalized spacial score (nSPS) is 16.3. The maximum absolute atomic E-state index is 12.5. The molecule has 4 nitrogen and oxygen atoms in total. The standard InChI is InChI=1S/C17H21BrN2O2/c1-22-8-7-20-15(12-5-3-2-4-6-12)10-16(21)14-9-13(18)11-19-17(14)20/h9-12H,2-8H2,1H3. The Hall–Kier alpha value is -1.20. The first kappa shape index (κ1) is 15.7. The van der Waals surface area contributed by atoms with Crippen molar-refractivity contribution >= 4 is 27.0 Å². The van der Waals surface area contributed by atoms with Gasteiger partial charge in [-0.2, -0.15) is 0 Å². The summed E-state index contributed by atoms with van der Waals surface area (Å²) in [6.45, 7) is 1.35. The number of halogens is 1. The third kappa shape index (κ3) is 3.10. The van der Waals surface area contributed by atoms with Gasteiger partial charge >= 0.3 is 0 Å². The summed E-state index contributed by atoms with van der Waals surface area (Å²) >= 11 is 3.40. The van der Waals surface area contributed by atoms with E-state index in [1.807, 2.05) is 12.1 Å². The Balaban J connectivity index is 2.16. The number of hydrogen-bond donors (Lipinski definition) is 0. The van der Waals surface area contributed by atoms with Crippen molar-refractivity contribution in [3.05, 3.63) is 38.7 Å². The van der Waals surface area contributed by atoms with Gasteiger partial charge in [0.05, 0.1) is 12.0 Å². The Kier molecular flexibility index (Phi) is 4.93. The molecule has 22 heavy (non-hydrogen) atoms. The van der Waals surface area contributed by atoms with E-state index in [1.165, 1.54) is 19.3 Å². The molecule has 0 amide bonds. The minimum Gasteiger partial charge on any atom is -0.383 e. The number of ether oxygens (including phenoxy) is 1. The van der Waals surface area contributed by atoms with E-state index in [2.05, 4.69) is 25.5 Å². The predicted molar refractivity (Wildman–Crippen MR) is 91.4 cm³/mol. The van der Waals surface area contributed by atoms with Gasteiger partial charge in [-0.3, -0.25) is 4.79 Å². The summed E-state index contributed by atoms with van der Waals surface area (Å²) in [6.07, 6.45) is 7.88. The molecule has 0 aromatic carbocycles. The fourth-order valence-electron chi connectivity index (χ4n) is 3.39. The predicted octanol–water partition coefficient (Wildman–Crippen LogP) is 3.85. The zero-order valence-corrected chi connectivity index (χ0v) is 14.4. The van der Waals surface area contributed by atoms with Crippen LogP contribution in [0.1, 0.15) is 43.7 Å². The molecule has 2 heterocycles. The van der Waals surface area contributed by atoms with E-state index in [9.17, 15) is 4.79 Å². The largest absolute Gasteiger partial charge is 0.383 e. The molecule has 0 bridgehead atoms. The summed E-state index contributed by atoms with van der Waals surface area (Å²) in [5.74, 6) is 0.466. The van der Waals surface area contributed by atoms with Crippen LogP contribution in [0.2, 0.25) is 0 Å². The highest BCUT2D eigenvalue weighted by Crippen LogP contribution is 2.33. The molecule has 1 aliphatic carbocycles. The van der Waals surface area contributed by atoms with Crippen molar-refractivity contribution in [3.8, 4) is 0 Å². The zero-order valence-electron chi connectivity index (χ0n) is 12.8. The highest BCUT2D eigenvalue weighted by molar-refractivity contribution is 9.10. The molecule has 118 valence electrons. The van der Waals surface area contributed by atoms with Crippen LogP contribution in [0.3, 0.4) is 0 Å². The lowest BCUT2D eigenvalue weighted by molar-refractivity contribution is 0.186. The van der Waals surface area contributed by atoms with Crippen molar-refractivity contribution in [2.24, 2.45) is 0 Å². The van der Waals surface area contributed by atoms with Gasteiger partial charge in [0.15, 0.2) is 5.43 Å². The molecule has 0 radical (unpaired) electrons. The molecule has 0 atom stereocenters. The van der Waals surface area contributed by atoms with E-state index in [0.717, 1.165) is 35.2 Å². The van der Waals surface area contributed by atoms with Crippen LogP contribution < -0.4 is 5.43 Å². The minimum atomic E-state index is 0.0676. The molecule has 1 aliphatic rings. The van der Waals surface area contributed by atoms with Gasteiger partial charge in [0, 0.05) is 36.1 Å². The minimum absolute atomic E-state index is 0.0676. The van der Waals surface area contributed by atoms with Crippen molar-refractivity contribution < 1.29 is 4.74 Å². The fourth-order valence-corrected chi connectivity index (χ4v) is 3.73. The Morgan fingerprint density at radius 2 is 2.09 bits per heavy atom. The number of methoxy groups -OCH3 is 1. The summed E-state index contributed by atoms with van der Waals surface area (Å²) in [6, 6.07) is 3.68. The molecule has 0 saturated heterocycles. The van der Waals surface area contributed by atoms with Gasteiger partial charge in [-0.25, -0.2) is 4.98 Å². The third-order valence-electron chi connectivity index (χ3n) is 4.49. The number of aromatic nitrogens is 2. The summed E-state index contributed by atoms with van der Waals surface area (Å²) < 4.78 is 8.27. The van der Waals surface area contributed by atoms with E-state index in [1.54, 1.807) is 13.3 Å². The monoisotopic (exact) mass is 364 g/mol. The first-order valence-electron chi connectivity index (χ1n) is 7.88. The van der Waals surface area contributed by atoms with Crippen LogP contribution in [0.15, 0.2) is 27.6 Å². The Morgan fingerprint density at radius 3 is 2.82 bits per heavy atom. The van der Waals surface area contributed by atoms with Gasteiger partial charge in [-0.1, -0.05) is 19.3 Å². The molecule has 5 heteroatoms. The van der Waals surface area contributed by atoms with E-state index < -0.39 is 0 Å². The average Bonchev–Trinajstić information content (AvgIpc) is 2.55. The van der Waals surface area contributed by atoms with Crippen LogP contribution in [0.5, 0.6) is 0 Å². The second-order valence-corrected chi connectivity index (χ2v) is 6.85. The van der Waals surface area contributed by atoms with Gasteiger partial charge in [-0.05, 0) is 40.8 Å². The summed E-state index contributed by atoms with van der Waals surface area (Å²) in [7, 11) is 1.70. The van der Waals surface area contributed by atoms with Gasteiger partial charge in [-0.15, -0.1) is 0 Å². The second-order valence-electron chi connectivity index (χ2n) is 5.94. The lowest BCUT2D eigenvalue weighted by Crippen LogP contribution is -2.21. The Morgan fingerprint density at radius 1 is 1.32 bits per heavy atom. The molecule has 3 rings (SSSR count). The van der Waals surface area contributed by atoms with E-state index in [-0.39, 0.29) is 5.43 Å². The fraction of sp³-hybridized carbons (Fsp3) is 0.529. The number of pyridine rings is 2. The lowest BCUT2D eigenvalue weighted by Gasteiger charge is -2.26. The SMILES string of the molecule is COCCn1c(C2CCCCC2)cc(=O)c2cc(Br)cnc21. The lowest BCUT2D eigenvalue weighted by atomic mass is 9.86. The molecule has 0 N–H and O–H groups in total. The highest BCUT2D eigenvalue weighted by atomic mass is 79.9. The molecule has 1 fully saturated rings. The number of hydrogen-bond acceptors (Lipinski definition) is 3. The van der Waals surface area contributed by atoms with Crippen molar-refractivity contribution in [2.45, 2.75) is 44.6 Å². The molecule has 0 aliphatic heterocycles. The first-order chi connectivity index (χ1) is 10.7. The summed E-state index contributed by atoms with van der Waals surface area (Å²) in [5, 5.41) is 0.671. The smallest absolute Gasteiger partial charge is 0.191 e. The molecule has 0 unspecified atom stereocenters. The number of fused-ring (bicyclic) bond motifs is 1. The van der Waals surface area contributed by atoms with Gasteiger partial charge in [0.2, 0.25) is 0 Å². The summed E-state index contributed by atoms with van der Waals surface area (Å²) in [5.41, 5.74) is 1.97. The maximum atomic E-state index is 12.5. The van der Waals surface area contributed by atoms with Gasteiger partial charge in [0.25, 0.3) is 0 Å². The molecular weight excluding hydrogens is 344 g/mol. The van der Waals surface area contributed by atoms with Crippen molar-refractivity contribution in [1.82, 2.24) is 9.55 Å². The number of rotatable bonds is 4. The maximum Gasteiger partial charge on any atom is 0.191 e. The van der Waals surface area contributed by atoms with Gasteiger partial charge in [0.1, 0.15) is 5.65 Å². The van der Waals surface area contributed by atoms with Crippen LogP contribution in [0.25, 0.3) is 11.0 Å². The van der Waals surface area contributed by atoms with Crippen LogP contribution >= 0.6 is 15.9 Å². The highest BCUT2D eigenvalue weighted by Gasteiger charge is 2.21. The van der Waals surface area contributed by atoms with E-state index in [0.29, 0.717) is 17.9 Å². The molecule has 2 aromatic heterocycles. The van der Waals surface area contributed by atoms with Crippen LogP contribution in [0.4, 0.5) is 0 Å². The topological polar surface area (TPSA) is 44.1 Å². The first-order valence-corrected chi connectivity index (χ1v) is 8.68. The average molecular weight is 365 g/mol. The molecule has 1 saturated carbocycles. The van der Waals surface area contributed by atoms with E-state index in [4.69, 9.17) is 4.74 Å². The second kappa shape index (κ2) is 6.92. The molecular formula is C17H21BrN2O2. The van der Waals surface area contributed by atoms with E-state index >= 15 is 0 Å². The Labute approximate surface area is 138 Å². The molecule has 2 aromatic rings. The van der Waals surface area contributed by atoms with Crippen LogP contribution in [0, 0.1) is 0 Å². The van der Waals surface area contributed by atoms with Crippen molar-refractivity contribution in [1.29, 1.82) is 0 Å².